The van der Waals surface area contributed by atoms with E-state index in [0.717, 1.165) is 0 Å². The molecular formula is C11H15N3O4S. The van der Waals surface area contributed by atoms with E-state index in [2.05, 4.69) is 5.32 Å². The van der Waals surface area contributed by atoms with Crippen molar-refractivity contribution in [1.82, 2.24) is 5.32 Å². The van der Waals surface area contributed by atoms with E-state index < -0.39 is 21.8 Å². The van der Waals surface area contributed by atoms with Gasteiger partial charge in [0.1, 0.15) is 0 Å². The Balaban J connectivity index is 2.63. The molecule has 0 fully saturated rings. The number of nitrogens with two attached hydrogens (primary N) is 1. The molecule has 0 aliphatic rings. The third-order valence-electron chi connectivity index (χ3n) is 2.31. The van der Waals surface area contributed by atoms with Gasteiger partial charge < -0.3 is 11.1 Å². The molecule has 0 aromatic heterocycles. The standard InChI is InChI=1S/C11H15N3O4S/c1-2-19(17,18)9-5-3-8(4-6-9)13-7-10(15)14-11(12)16/h3-6,13H,2,7H2,1H3,(H3,12,14,15,16). The van der Waals surface area contributed by atoms with Gasteiger partial charge in [0.2, 0.25) is 5.91 Å². The van der Waals surface area contributed by atoms with Crippen LogP contribution in [0.2, 0.25) is 0 Å². The smallest absolute Gasteiger partial charge is 0.318 e. The van der Waals surface area contributed by atoms with Crippen LogP contribution in [0, 0.1) is 0 Å². The van der Waals surface area contributed by atoms with Gasteiger partial charge in [0.05, 0.1) is 17.2 Å². The summed E-state index contributed by atoms with van der Waals surface area (Å²) in [5.74, 6) is -0.543. The van der Waals surface area contributed by atoms with Crippen LogP contribution < -0.4 is 16.4 Å². The van der Waals surface area contributed by atoms with Crippen LogP contribution >= 0.6 is 0 Å². The molecule has 0 aliphatic heterocycles. The number of rotatable bonds is 5. The summed E-state index contributed by atoms with van der Waals surface area (Å²) in [6.45, 7) is 1.43. The molecule has 19 heavy (non-hydrogen) atoms. The molecule has 0 spiro atoms. The van der Waals surface area contributed by atoms with E-state index in [1.807, 2.05) is 5.32 Å². The lowest BCUT2D eigenvalue weighted by Crippen LogP contribution is -2.38. The van der Waals surface area contributed by atoms with Crippen LogP contribution in [0.4, 0.5) is 10.5 Å². The van der Waals surface area contributed by atoms with Gasteiger partial charge in [-0.3, -0.25) is 10.1 Å². The Morgan fingerprint density at radius 1 is 1.21 bits per heavy atom. The predicted octanol–water partition coefficient (Wildman–Crippen LogP) is 0.0870. The van der Waals surface area contributed by atoms with Gasteiger partial charge in [-0.15, -0.1) is 0 Å². The van der Waals surface area contributed by atoms with Gasteiger partial charge in [-0.1, -0.05) is 6.92 Å². The van der Waals surface area contributed by atoms with Crippen molar-refractivity contribution in [2.24, 2.45) is 5.73 Å². The van der Waals surface area contributed by atoms with E-state index >= 15 is 0 Å². The van der Waals surface area contributed by atoms with Crippen molar-refractivity contribution >= 4 is 27.5 Å². The minimum absolute atomic E-state index is 0.0286. The lowest BCUT2D eigenvalue weighted by Gasteiger charge is -2.07. The highest BCUT2D eigenvalue weighted by Crippen LogP contribution is 2.14. The number of amides is 3. The largest absolute Gasteiger partial charge is 0.376 e. The zero-order chi connectivity index (χ0) is 14.5. The molecule has 0 atom stereocenters. The Kier molecular flexibility index (Phi) is 4.87. The molecule has 1 aromatic rings. The SMILES string of the molecule is CCS(=O)(=O)c1ccc(NCC(=O)NC(N)=O)cc1. The summed E-state index contributed by atoms with van der Waals surface area (Å²) >= 11 is 0. The zero-order valence-electron chi connectivity index (χ0n) is 10.3. The van der Waals surface area contributed by atoms with Gasteiger partial charge in [0.25, 0.3) is 0 Å². The van der Waals surface area contributed by atoms with Crippen LogP contribution in [0.5, 0.6) is 0 Å². The summed E-state index contributed by atoms with van der Waals surface area (Å²) in [6.07, 6.45) is 0. The van der Waals surface area contributed by atoms with E-state index in [9.17, 15) is 18.0 Å². The van der Waals surface area contributed by atoms with E-state index in [-0.39, 0.29) is 17.2 Å². The topological polar surface area (TPSA) is 118 Å². The number of benzene rings is 1. The summed E-state index contributed by atoms with van der Waals surface area (Å²) < 4.78 is 23.1. The third kappa shape index (κ3) is 4.59. The van der Waals surface area contributed by atoms with Crippen molar-refractivity contribution in [3.8, 4) is 0 Å². The number of carbonyl (C=O) groups excluding carboxylic acids is 2. The molecule has 1 rings (SSSR count). The van der Waals surface area contributed by atoms with Gasteiger partial charge in [-0.2, -0.15) is 0 Å². The molecule has 104 valence electrons. The Morgan fingerprint density at radius 2 is 1.79 bits per heavy atom. The first-order chi connectivity index (χ1) is 8.85. The van der Waals surface area contributed by atoms with Gasteiger partial charge in [0, 0.05) is 5.69 Å². The van der Waals surface area contributed by atoms with Crippen LogP contribution in [-0.4, -0.2) is 32.7 Å². The molecule has 0 unspecified atom stereocenters. The number of primary amides is 1. The first-order valence-corrected chi connectivity index (χ1v) is 7.16. The van der Waals surface area contributed by atoms with Crippen molar-refractivity contribution in [2.45, 2.75) is 11.8 Å². The van der Waals surface area contributed by atoms with Crippen molar-refractivity contribution in [3.05, 3.63) is 24.3 Å². The Bertz CT molecular complexity index is 566. The first kappa shape index (κ1) is 15.0. The molecule has 1 aromatic carbocycles. The summed E-state index contributed by atoms with van der Waals surface area (Å²) in [6, 6.07) is 5.07. The Hall–Kier alpha value is -2.09. The normalized spacial score (nSPS) is 10.8. The van der Waals surface area contributed by atoms with Gasteiger partial charge in [-0.05, 0) is 24.3 Å². The predicted molar refractivity (Wildman–Crippen MR) is 70.4 cm³/mol. The van der Waals surface area contributed by atoms with Crippen molar-refractivity contribution in [1.29, 1.82) is 0 Å². The van der Waals surface area contributed by atoms with Crippen LogP contribution in [0.3, 0.4) is 0 Å². The van der Waals surface area contributed by atoms with Gasteiger partial charge >= 0.3 is 6.03 Å². The minimum Gasteiger partial charge on any atom is -0.376 e. The Morgan fingerprint density at radius 3 is 2.26 bits per heavy atom. The van der Waals surface area contributed by atoms with Crippen LogP contribution in [0.1, 0.15) is 6.92 Å². The molecule has 8 heteroatoms. The molecular weight excluding hydrogens is 270 g/mol. The fourth-order valence-corrected chi connectivity index (χ4v) is 2.19. The van der Waals surface area contributed by atoms with Gasteiger partial charge in [-0.25, -0.2) is 13.2 Å². The second kappa shape index (κ2) is 6.19. The zero-order valence-corrected chi connectivity index (χ0v) is 11.2. The highest BCUT2D eigenvalue weighted by Gasteiger charge is 2.10. The van der Waals surface area contributed by atoms with Crippen molar-refractivity contribution in [2.75, 3.05) is 17.6 Å². The number of hydrogen-bond donors (Lipinski definition) is 3. The fraction of sp³-hybridized carbons (Fsp3) is 0.273. The highest BCUT2D eigenvalue weighted by molar-refractivity contribution is 7.91. The van der Waals surface area contributed by atoms with Gasteiger partial charge in [0.15, 0.2) is 9.84 Å². The number of imide groups is 1. The highest BCUT2D eigenvalue weighted by atomic mass is 32.2. The number of nitrogens with one attached hydrogen (secondary N) is 2. The van der Waals surface area contributed by atoms with E-state index in [4.69, 9.17) is 5.73 Å². The maximum Gasteiger partial charge on any atom is 0.318 e. The molecule has 0 radical (unpaired) electrons. The average molecular weight is 285 g/mol. The van der Waals surface area contributed by atoms with E-state index in [1.165, 1.54) is 12.1 Å². The lowest BCUT2D eigenvalue weighted by molar-refractivity contribution is -0.118. The van der Waals surface area contributed by atoms with Crippen LogP contribution in [0.15, 0.2) is 29.2 Å². The first-order valence-electron chi connectivity index (χ1n) is 5.51. The van der Waals surface area contributed by atoms with Crippen molar-refractivity contribution in [3.63, 3.8) is 0 Å². The van der Waals surface area contributed by atoms with Crippen LogP contribution in [0.25, 0.3) is 0 Å². The second-order valence-corrected chi connectivity index (χ2v) is 5.97. The molecule has 0 saturated heterocycles. The second-order valence-electron chi connectivity index (χ2n) is 3.69. The number of anilines is 1. The molecule has 0 aliphatic carbocycles. The molecule has 4 N–H and O–H groups in total. The summed E-state index contributed by atoms with van der Waals surface area (Å²) in [5, 5.41) is 4.63. The number of urea groups is 1. The van der Waals surface area contributed by atoms with Crippen LogP contribution in [-0.2, 0) is 14.6 Å². The molecule has 7 nitrogen and oxygen atoms in total. The molecule has 0 saturated carbocycles. The minimum atomic E-state index is -3.23. The fourth-order valence-electron chi connectivity index (χ4n) is 1.31. The van der Waals surface area contributed by atoms with E-state index in [1.54, 1.807) is 19.1 Å². The average Bonchev–Trinajstić information content (AvgIpc) is 2.36. The lowest BCUT2D eigenvalue weighted by atomic mass is 10.3. The summed E-state index contributed by atoms with van der Waals surface area (Å²) in [4.78, 5) is 21.8. The quantitative estimate of drug-likeness (QED) is 0.708. The summed E-state index contributed by atoms with van der Waals surface area (Å²) in [7, 11) is -3.23. The third-order valence-corrected chi connectivity index (χ3v) is 4.06. The van der Waals surface area contributed by atoms with E-state index in [0.29, 0.717) is 5.69 Å². The van der Waals surface area contributed by atoms with Crippen molar-refractivity contribution < 1.29 is 18.0 Å². The maximum atomic E-state index is 11.6. The monoisotopic (exact) mass is 285 g/mol. The Labute approximate surface area is 111 Å². The molecule has 0 bridgehead atoms. The number of hydrogen-bond acceptors (Lipinski definition) is 5. The number of sulfone groups is 1. The molecule has 0 heterocycles. The maximum absolute atomic E-state index is 11.6. The number of carbonyl (C=O) groups is 2. The molecule has 3 amide bonds. The summed E-state index contributed by atoms with van der Waals surface area (Å²) in [5.41, 5.74) is 5.34.